The van der Waals surface area contributed by atoms with Crippen molar-refractivity contribution < 1.29 is 9.53 Å². The number of thiazole rings is 1. The summed E-state index contributed by atoms with van der Waals surface area (Å²) in [6.45, 7) is 4.55. The van der Waals surface area contributed by atoms with Crippen LogP contribution in [0, 0.1) is 6.92 Å². The smallest absolute Gasteiger partial charge is 0.263 e. The Kier molecular flexibility index (Phi) is 6.98. The maximum Gasteiger partial charge on any atom is 0.263 e. The standard InChI is InChI=1S/C16H20ClN3O2S/c1-11-14(15(21)19-8-7-18-9-10-22-2)23-16(20-11)12-3-5-13(17)6-4-12/h3-6,18H,7-10H2,1-2H3,(H,19,21). The first-order valence-corrected chi connectivity index (χ1v) is 8.52. The van der Waals surface area contributed by atoms with Crippen molar-refractivity contribution in [3.05, 3.63) is 39.9 Å². The van der Waals surface area contributed by atoms with Crippen LogP contribution in [0.5, 0.6) is 0 Å². The lowest BCUT2D eigenvalue weighted by Crippen LogP contribution is -2.33. The first-order valence-electron chi connectivity index (χ1n) is 7.33. The maximum absolute atomic E-state index is 12.2. The molecular formula is C16H20ClN3O2S. The number of carbonyl (C=O) groups is 1. The highest BCUT2D eigenvalue weighted by atomic mass is 35.5. The number of nitrogens with zero attached hydrogens (tertiary/aromatic N) is 1. The van der Waals surface area contributed by atoms with Crippen LogP contribution < -0.4 is 10.6 Å². The summed E-state index contributed by atoms with van der Waals surface area (Å²) in [5.41, 5.74) is 1.70. The van der Waals surface area contributed by atoms with Crippen LogP contribution in [0.1, 0.15) is 15.4 Å². The third kappa shape index (κ3) is 5.28. The molecule has 0 aliphatic rings. The topological polar surface area (TPSA) is 63.2 Å². The van der Waals surface area contributed by atoms with E-state index in [4.69, 9.17) is 16.3 Å². The van der Waals surface area contributed by atoms with Gasteiger partial charge in [-0.2, -0.15) is 0 Å². The number of carbonyl (C=O) groups excluding carboxylic acids is 1. The van der Waals surface area contributed by atoms with Crippen molar-refractivity contribution in [1.82, 2.24) is 15.6 Å². The predicted octanol–water partition coefficient (Wildman–Crippen LogP) is 2.74. The van der Waals surface area contributed by atoms with Crippen LogP contribution in [-0.2, 0) is 4.74 Å². The lowest BCUT2D eigenvalue weighted by atomic mass is 10.2. The third-order valence-electron chi connectivity index (χ3n) is 3.16. The van der Waals surface area contributed by atoms with Gasteiger partial charge >= 0.3 is 0 Å². The van der Waals surface area contributed by atoms with E-state index in [-0.39, 0.29) is 5.91 Å². The molecule has 0 spiro atoms. The van der Waals surface area contributed by atoms with Gasteiger partial charge in [0, 0.05) is 37.3 Å². The predicted molar refractivity (Wildman–Crippen MR) is 94.4 cm³/mol. The maximum atomic E-state index is 12.2. The van der Waals surface area contributed by atoms with Gasteiger partial charge in [0.2, 0.25) is 0 Å². The fourth-order valence-electron chi connectivity index (χ4n) is 1.97. The Hall–Kier alpha value is -1.47. The molecule has 124 valence electrons. The van der Waals surface area contributed by atoms with E-state index in [1.54, 1.807) is 7.11 Å². The fraction of sp³-hybridized carbons (Fsp3) is 0.375. The molecule has 2 rings (SSSR count). The molecule has 1 heterocycles. The van der Waals surface area contributed by atoms with Gasteiger partial charge in [-0.3, -0.25) is 4.79 Å². The Morgan fingerprint density at radius 1 is 1.26 bits per heavy atom. The molecule has 2 N–H and O–H groups in total. The number of hydrogen-bond acceptors (Lipinski definition) is 5. The van der Waals surface area contributed by atoms with Gasteiger partial charge in [0.05, 0.1) is 12.3 Å². The number of halogens is 1. The molecule has 0 fully saturated rings. The van der Waals surface area contributed by atoms with Gasteiger partial charge < -0.3 is 15.4 Å². The summed E-state index contributed by atoms with van der Waals surface area (Å²) in [5.74, 6) is -0.0891. The lowest BCUT2D eigenvalue weighted by molar-refractivity contribution is 0.0957. The van der Waals surface area contributed by atoms with Crippen LogP contribution in [0.2, 0.25) is 5.02 Å². The fourth-order valence-corrected chi connectivity index (χ4v) is 3.08. The number of amides is 1. The molecule has 0 radical (unpaired) electrons. The highest BCUT2D eigenvalue weighted by Gasteiger charge is 2.15. The second kappa shape index (κ2) is 8.98. The monoisotopic (exact) mass is 353 g/mol. The van der Waals surface area contributed by atoms with Gasteiger partial charge in [0.1, 0.15) is 9.88 Å². The number of ether oxygens (including phenoxy) is 1. The van der Waals surface area contributed by atoms with Gasteiger partial charge in [-0.1, -0.05) is 23.7 Å². The Bertz CT molecular complexity index is 643. The van der Waals surface area contributed by atoms with E-state index < -0.39 is 0 Å². The molecule has 0 aliphatic carbocycles. The molecule has 0 aliphatic heterocycles. The molecule has 5 nitrogen and oxygen atoms in total. The van der Waals surface area contributed by atoms with E-state index >= 15 is 0 Å². The summed E-state index contributed by atoms with van der Waals surface area (Å²) < 4.78 is 4.94. The number of aryl methyl sites for hydroxylation is 1. The molecule has 1 amide bonds. The zero-order valence-electron chi connectivity index (χ0n) is 13.2. The van der Waals surface area contributed by atoms with Crippen LogP contribution in [-0.4, -0.2) is 44.2 Å². The molecule has 0 unspecified atom stereocenters. The van der Waals surface area contributed by atoms with E-state index in [9.17, 15) is 4.79 Å². The van der Waals surface area contributed by atoms with E-state index in [1.807, 2.05) is 31.2 Å². The molecule has 1 aromatic carbocycles. The van der Waals surface area contributed by atoms with Crippen molar-refractivity contribution in [1.29, 1.82) is 0 Å². The largest absolute Gasteiger partial charge is 0.383 e. The second-order valence-electron chi connectivity index (χ2n) is 4.94. The Labute approximate surface area is 145 Å². The zero-order valence-corrected chi connectivity index (χ0v) is 14.8. The number of nitrogens with one attached hydrogen (secondary N) is 2. The lowest BCUT2D eigenvalue weighted by Gasteiger charge is -2.05. The van der Waals surface area contributed by atoms with Crippen LogP contribution in [0.15, 0.2) is 24.3 Å². The summed E-state index contributed by atoms with van der Waals surface area (Å²) in [5, 5.41) is 7.58. The summed E-state index contributed by atoms with van der Waals surface area (Å²) in [4.78, 5) is 17.4. The normalized spacial score (nSPS) is 10.7. The summed E-state index contributed by atoms with van der Waals surface area (Å²) in [6.07, 6.45) is 0. The van der Waals surface area contributed by atoms with Crippen molar-refractivity contribution in [3.8, 4) is 10.6 Å². The summed E-state index contributed by atoms with van der Waals surface area (Å²) >= 11 is 7.29. The van der Waals surface area contributed by atoms with Crippen molar-refractivity contribution >= 4 is 28.8 Å². The van der Waals surface area contributed by atoms with Crippen molar-refractivity contribution in [2.24, 2.45) is 0 Å². The zero-order chi connectivity index (χ0) is 16.7. The van der Waals surface area contributed by atoms with E-state index in [1.165, 1.54) is 11.3 Å². The molecule has 7 heteroatoms. The minimum absolute atomic E-state index is 0.0891. The molecule has 0 atom stereocenters. The molecule has 0 bridgehead atoms. The number of methoxy groups -OCH3 is 1. The number of hydrogen-bond donors (Lipinski definition) is 2. The van der Waals surface area contributed by atoms with Crippen molar-refractivity contribution in [2.45, 2.75) is 6.92 Å². The summed E-state index contributed by atoms with van der Waals surface area (Å²) in [7, 11) is 1.66. The average Bonchev–Trinajstić information content (AvgIpc) is 2.93. The minimum atomic E-state index is -0.0891. The van der Waals surface area contributed by atoms with Gasteiger partial charge in [0.25, 0.3) is 5.91 Å². The molecule has 2 aromatic rings. The Morgan fingerprint density at radius 3 is 2.70 bits per heavy atom. The minimum Gasteiger partial charge on any atom is -0.383 e. The van der Waals surface area contributed by atoms with Crippen LogP contribution in [0.3, 0.4) is 0 Å². The first-order chi connectivity index (χ1) is 11.1. The summed E-state index contributed by atoms with van der Waals surface area (Å²) in [6, 6.07) is 7.45. The van der Waals surface area contributed by atoms with Gasteiger partial charge in [-0.05, 0) is 19.1 Å². The average molecular weight is 354 g/mol. The number of aromatic nitrogens is 1. The van der Waals surface area contributed by atoms with Crippen LogP contribution in [0.25, 0.3) is 10.6 Å². The van der Waals surface area contributed by atoms with E-state index in [2.05, 4.69) is 15.6 Å². The molecule has 23 heavy (non-hydrogen) atoms. The Morgan fingerprint density at radius 2 is 2.00 bits per heavy atom. The number of rotatable bonds is 8. The Balaban J connectivity index is 1.92. The first kappa shape index (κ1) is 17.9. The highest BCUT2D eigenvalue weighted by Crippen LogP contribution is 2.28. The van der Waals surface area contributed by atoms with E-state index in [0.717, 1.165) is 22.8 Å². The van der Waals surface area contributed by atoms with Gasteiger partial charge in [-0.15, -0.1) is 11.3 Å². The van der Waals surface area contributed by atoms with Gasteiger partial charge in [-0.25, -0.2) is 4.98 Å². The highest BCUT2D eigenvalue weighted by molar-refractivity contribution is 7.17. The van der Waals surface area contributed by atoms with Crippen molar-refractivity contribution in [2.75, 3.05) is 33.4 Å². The van der Waals surface area contributed by atoms with Gasteiger partial charge in [0.15, 0.2) is 0 Å². The van der Waals surface area contributed by atoms with Crippen molar-refractivity contribution in [3.63, 3.8) is 0 Å². The molecule has 1 aromatic heterocycles. The SMILES string of the molecule is COCCNCCNC(=O)c1sc(-c2ccc(Cl)cc2)nc1C. The third-order valence-corrected chi connectivity index (χ3v) is 4.62. The molecular weight excluding hydrogens is 334 g/mol. The van der Waals surface area contributed by atoms with E-state index in [0.29, 0.717) is 29.6 Å². The van der Waals surface area contributed by atoms with Crippen LogP contribution in [0.4, 0.5) is 0 Å². The molecule has 0 saturated carbocycles. The second-order valence-corrected chi connectivity index (χ2v) is 6.37. The number of benzene rings is 1. The molecule has 0 saturated heterocycles. The quantitative estimate of drug-likeness (QED) is 0.716. The van der Waals surface area contributed by atoms with Crippen LogP contribution >= 0.6 is 22.9 Å².